The lowest BCUT2D eigenvalue weighted by molar-refractivity contribution is 0.543. The van der Waals surface area contributed by atoms with Crippen molar-refractivity contribution < 1.29 is 4.42 Å². The number of benzene rings is 1. The fourth-order valence-corrected chi connectivity index (χ4v) is 5.13. The Bertz CT molecular complexity index is 1230. The van der Waals surface area contributed by atoms with E-state index >= 15 is 0 Å². The van der Waals surface area contributed by atoms with Gasteiger partial charge in [-0.25, -0.2) is 9.97 Å². The number of aromatic nitrogens is 7. The van der Waals surface area contributed by atoms with Gasteiger partial charge < -0.3 is 14.6 Å². The van der Waals surface area contributed by atoms with Gasteiger partial charge in [0, 0.05) is 48.0 Å². The molecule has 2 N–H and O–H groups in total. The maximum atomic E-state index is 6.04. The van der Waals surface area contributed by atoms with Crippen molar-refractivity contribution in [2.75, 3.05) is 29.9 Å². The van der Waals surface area contributed by atoms with Crippen molar-refractivity contribution >= 4 is 35.2 Å². The molecule has 168 valence electrons. The van der Waals surface area contributed by atoms with E-state index in [1.54, 1.807) is 18.5 Å². The predicted octanol–water partition coefficient (Wildman–Crippen LogP) is 3.46. The number of hydrogen-bond acceptors (Lipinski definition) is 9. The van der Waals surface area contributed by atoms with Gasteiger partial charge in [0.05, 0.1) is 17.5 Å². The van der Waals surface area contributed by atoms with Gasteiger partial charge in [-0.15, -0.1) is 5.10 Å². The number of aromatic amines is 1. The van der Waals surface area contributed by atoms with E-state index in [1.807, 2.05) is 18.3 Å². The Kier molecular flexibility index (Phi) is 5.11. The Hall–Kier alpha value is -3.24. The minimum atomic E-state index is 0.402. The summed E-state index contributed by atoms with van der Waals surface area (Å²) in [7, 11) is 0. The Labute approximate surface area is 198 Å². The van der Waals surface area contributed by atoms with Crippen molar-refractivity contribution in [3.63, 3.8) is 0 Å². The number of nitrogens with one attached hydrogen (secondary N) is 2. The monoisotopic (exact) mass is 483 g/mol. The molecule has 0 amide bonds. The molecule has 10 nitrogen and oxygen atoms in total. The van der Waals surface area contributed by atoms with E-state index in [0.717, 1.165) is 30.8 Å². The summed E-state index contributed by atoms with van der Waals surface area (Å²) in [5, 5.41) is 23.6. The van der Waals surface area contributed by atoms with Gasteiger partial charge in [-0.3, -0.25) is 0 Å². The van der Waals surface area contributed by atoms with Gasteiger partial charge in [-0.2, -0.15) is 15.4 Å². The van der Waals surface area contributed by atoms with E-state index in [4.69, 9.17) is 27.6 Å². The first-order valence-corrected chi connectivity index (χ1v) is 11.3. The summed E-state index contributed by atoms with van der Waals surface area (Å²) in [6.45, 7) is 2.40. The van der Waals surface area contributed by atoms with Crippen LogP contribution in [-0.2, 0) is 6.42 Å². The van der Waals surface area contributed by atoms with Gasteiger partial charge in [0.2, 0.25) is 5.95 Å². The number of piperidine rings is 1. The zero-order valence-corrected chi connectivity index (χ0v) is 18.8. The van der Waals surface area contributed by atoms with Crippen LogP contribution in [0.2, 0.25) is 10.0 Å². The van der Waals surface area contributed by atoms with Crippen molar-refractivity contribution in [3.05, 3.63) is 58.1 Å². The first kappa shape index (κ1) is 20.4. The molecular formula is C21H19Cl2N9O. The van der Waals surface area contributed by atoms with Crippen LogP contribution >= 0.6 is 23.2 Å². The van der Waals surface area contributed by atoms with E-state index in [-0.39, 0.29) is 0 Å². The van der Waals surface area contributed by atoms with Crippen LogP contribution in [0.25, 0.3) is 11.5 Å². The molecule has 2 aliphatic rings. The highest BCUT2D eigenvalue weighted by atomic mass is 35.5. The molecule has 0 bridgehead atoms. The minimum absolute atomic E-state index is 0.402. The molecule has 6 rings (SSSR count). The molecule has 1 saturated carbocycles. The molecule has 0 spiro atoms. The zero-order chi connectivity index (χ0) is 22.4. The lowest BCUT2D eigenvalue weighted by atomic mass is 10.1. The van der Waals surface area contributed by atoms with Crippen LogP contribution in [0, 0.1) is 11.8 Å². The molecule has 1 saturated heterocycles. The SMILES string of the molecule is Clc1cc(Cl)cc(CCNc2ncc(-c3nnc(N4C[C@@H]5C(c6cn[nH]n6)[C@@H]5C4)o3)cn2)c1. The van der Waals surface area contributed by atoms with Crippen molar-refractivity contribution in [1.82, 2.24) is 35.6 Å². The van der Waals surface area contributed by atoms with Crippen LogP contribution in [0.3, 0.4) is 0 Å². The molecule has 2 fully saturated rings. The second-order valence-electron chi connectivity index (χ2n) is 8.29. The summed E-state index contributed by atoms with van der Waals surface area (Å²) in [6.07, 6.45) is 5.90. The third-order valence-corrected chi connectivity index (χ3v) is 6.61. The van der Waals surface area contributed by atoms with E-state index < -0.39 is 0 Å². The number of rotatable bonds is 7. The normalized spacial score (nSPS) is 21.3. The van der Waals surface area contributed by atoms with Gasteiger partial charge in [-0.1, -0.05) is 28.3 Å². The number of fused-ring (bicyclic) bond motifs is 1. The molecular weight excluding hydrogens is 465 g/mol. The van der Waals surface area contributed by atoms with Gasteiger partial charge in [0.15, 0.2) is 0 Å². The first-order chi connectivity index (χ1) is 16.1. The largest absolute Gasteiger partial charge is 0.403 e. The van der Waals surface area contributed by atoms with Crippen molar-refractivity contribution in [2.45, 2.75) is 12.3 Å². The van der Waals surface area contributed by atoms with Gasteiger partial charge in [0.25, 0.3) is 5.89 Å². The predicted molar refractivity (Wildman–Crippen MR) is 122 cm³/mol. The highest BCUT2D eigenvalue weighted by Crippen LogP contribution is 2.58. The molecule has 1 aliphatic heterocycles. The summed E-state index contributed by atoms with van der Waals surface area (Å²) in [5.74, 6) is 2.51. The third-order valence-electron chi connectivity index (χ3n) is 6.17. The summed E-state index contributed by atoms with van der Waals surface area (Å²) < 4.78 is 5.89. The number of H-pyrrole nitrogens is 1. The molecule has 33 heavy (non-hydrogen) atoms. The van der Waals surface area contributed by atoms with E-state index in [0.29, 0.717) is 57.8 Å². The molecule has 1 aliphatic carbocycles. The maximum absolute atomic E-state index is 6.04. The van der Waals surface area contributed by atoms with Gasteiger partial charge in [-0.05, 0) is 42.0 Å². The lowest BCUT2D eigenvalue weighted by Crippen LogP contribution is -2.23. The van der Waals surface area contributed by atoms with Gasteiger partial charge in [0.1, 0.15) is 0 Å². The molecule has 12 heteroatoms. The fraction of sp³-hybridized carbons (Fsp3) is 0.333. The van der Waals surface area contributed by atoms with E-state index in [1.165, 1.54) is 0 Å². The zero-order valence-electron chi connectivity index (χ0n) is 17.3. The number of nitrogens with zero attached hydrogens (tertiary/aromatic N) is 7. The van der Waals surface area contributed by atoms with E-state index in [2.05, 4.69) is 45.8 Å². The quantitative estimate of drug-likeness (QED) is 0.406. The van der Waals surface area contributed by atoms with Crippen molar-refractivity contribution in [2.24, 2.45) is 11.8 Å². The van der Waals surface area contributed by atoms with Crippen LogP contribution in [0.5, 0.6) is 0 Å². The average Bonchev–Trinajstić information content (AvgIpc) is 3.34. The molecule has 3 aromatic heterocycles. The fourth-order valence-electron chi connectivity index (χ4n) is 4.56. The third kappa shape index (κ3) is 4.11. The molecule has 1 aromatic carbocycles. The Morgan fingerprint density at radius 2 is 1.79 bits per heavy atom. The highest BCUT2D eigenvalue weighted by molar-refractivity contribution is 6.34. The van der Waals surface area contributed by atoms with Crippen molar-refractivity contribution in [3.8, 4) is 11.5 Å². The highest BCUT2D eigenvalue weighted by Gasteiger charge is 2.58. The van der Waals surface area contributed by atoms with Crippen molar-refractivity contribution in [1.29, 1.82) is 0 Å². The van der Waals surface area contributed by atoms with E-state index in [9.17, 15) is 0 Å². The molecule has 0 radical (unpaired) electrons. The molecule has 3 atom stereocenters. The molecule has 1 unspecified atom stereocenters. The summed E-state index contributed by atoms with van der Waals surface area (Å²) in [6, 6.07) is 6.03. The smallest absolute Gasteiger partial charge is 0.318 e. The van der Waals surface area contributed by atoms with Crippen LogP contribution in [-0.4, -0.2) is 55.2 Å². The standard InChI is InChI=1S/C21H19Cl2N9O/c22-13-3-11(4-14(23)5-13)1-2-24-20-25-6-12(7-26-20)19-29-30-21(33-19)32-9-15-16(10-32)18(15)17-8-27-31-28-17/h3-8,15-16,18H,1-2,9-10H2,(H,24,25,26)(H,27,28,31)/t15-,16+,18?. The topological polar surface area (TPSA) is 122 Å². The second-order valence-corrected chi connectivity index (χ2v) is 9.17. The number of hydrogen-bond donors (Lipinski definition) is 2. The Morgan fingerprint density at radius 3 is 2.48 bits per heavy atom. The first-order valence-electron chi connectivity index (χ1n) is 10.6. The summed E-state index contributed by atoms with van der Waals surface area (Å²) in [4.78, 5) is 10.8. The van der Waals surface area contributed by atoms with Crippen LogP contribution in [0.1, 0.15) is 17.2 Å². The lowest BCUT2D eigenvalue weighted by Gasteiger charge is -2.15. The summed E-state index contributed by atoms with van der Waals surface area (Å²) >= 11 is 12.1. The van der Waals surface area contributed by atoms with Crippen LogP contribution in [0.4, 0.5) is 12.0 Å². The molecule has 4 heterocycles. The summed E-state index contributed by atoms with van der Waals surface area (Å²) in [5.41, 5.74) is 2.76. The maximum Gasteiger partial charge on any atom is 0.318 e. The Balaban J connectivity index is 1.04. The average molecular weight is 484 g/mol. The Morgan fingerprint density at radius 1 is 1.03 bits per heavy atom. The number of halogens is 2. The van der Waals surface area contributed by atoms with Crippen LogP contribution in [0.15, 0.2) is 41.2 Å². The molecule has 4 aromatic rings. The van der Waals surface area contributed by atoms with Crippen LogP contribution < -0.4 is 10.2 Å². The number of anilines is 2. The minimum Gasteiger partial charge on any atom is -0.403 e. The second kappa shape index (κ2) is 8.27. The van der Waals surface area contributed by atoms with Gasteiger partial charge >= 0.3 is 6.01 Å².